The van der Waals surface area contributed by atoms with E-state index in [1.165, 1.54) is 5.56 Å². The lowest BCUT2D eigenvalue weighted by atomic mass is 9.43. The number of benzene rings is 1. The van der Waals surface area contributed by atoms with Crippen LogP contribution < -0.4 is 4.74 Å². The number of rotatable bonds is 5. The van der Waals surface area contributed by atoms with Crippen molar-refractivity contribution in [2.24, 2.45) is 35.0 Å². The van der Waals surface area contributed by atoms with Crippen molar-refractivity contribution < 1.29 is 19.1 Å². The second-order valence-electron chi connectivity index (χ2n) is 12.0. The average Bonchev–Trinajstić information content (AvgIpc) is 3.21. The fraction of sp³-hybridized carbons (Fsp3) is 0.724. The van der Waals surface area contributed by atoms with Crippen molar-refractivity contribution >= 4 is 11.8 Å². The van der Waals surface area contributed by atoms with Crippen LogP contribution in [-0.2, 0) is 19.7 Å². The van der Waals surface area contributed by atoms with E-state index in [1.54, 1.807) is 7.11 Å². The van der Waals surface area contributed by atoms with Crippen LogP contribution >= 0.6 is 0 Å². The van der Waals surface area contributed by atoms with E-state index in [1.807, 2.05) is 12.1 Å². The van der Waals surface area contributed by atoms with Gasteiger partial charge in [-0.05, 0) is 79.4 Å². The maximum atomic E-state index is 13.9. The van der Waals surface area contributed by atoms with Gasteiger partial charge in [-0.2, -0.15) is 0 Å². The number of carbonyl (C=O) groups is 2. The first-order chi connectivity index (χ1) is 15.8. The first-order valence-corrected chi connectivity index (χ1v) is 13.2. The second kappa shape index (κ2) is 8.43. The molecule has 5 rings (SSSR count). The third-order valence-electron chi connectivity index (χ3n) is 10.0. The summed E-state index contributed by atoms with van der Waals surface area (Å²) in [7, 11) is 1.69. The van der Waals surface area contributed by atoms with E-state index < -0.39 is 5.41 Å². The van der Waals surface area contributed by atoms with Gasteiger partial charge in [-0.25, -0.2) is 0 Å². The van der Waals surface area contributed by atoms with Crippen LogP contribution in [0.25, 0.3) is 0 Å². The highest BCUT2D eigenvalue weighted by atomic mass is 16.5. The van der Waals surface area contributed by atoms with Gasteiger partial charge < -0.3 is 9.47 Å². The van der Waals surface area contributed by atoms with Crippen LogP contribution in [0, 0.1) is 35.0 Å². The number of hydrogen-bond acceptors (Lipinski definition) is 4. The predicted molar refractivity (Wildman–Crippen MR) is 128 cm³/mol. The number of carbonyl (C=O) groups excluding carboxylic acids is 2. The van der Waals surface area contributed by atoms with Crippen molar-refractivity contribution in [3.05, 3.63) is 29.8 Å². The molecule has 0 N–H and O–H groups in total. The van der Waals surface area contributed by atoms with Gasteiger partial charge in [-0.1, -0.05) is 45.7 Å². The molecule has 7 atom stereocenters. The van der Waals surface area contributed by atoms with Gasteiger partial charge in [0.2, 0.25) is 0 Å². The Morgan fingerprint density at radius 1 is 1.06 bits per heavy atom. The molecule has 4 saturated carbocycles. The quantitative estimate of drug-likeness (QED) is 0.506. The summed E-state index contributed by atoms with van der Waals surface area (Å²) in [5.41, 5.74) is 0.616. The van der Waals surface area contributed by atoms with Gasteiger partial charge in [0.1, 0.15) is 17.6 Å². The number of methoxy groups -OCH3 is 1. The summed E-state index contributed by atoms with van der Waals surface area (Å²) in [5.74, 6) is 2.69. The van der Waals surface area contributed by atoms with Crippen LogP contribution in [0.3, 0.4) is 0 Å². The molecule has 33 heavy (non-hydrogen) atoms. The Kier molecular flexibility index (Phi) is 5.86. The SMILES string of the molecule is COc1ccc(C(C)(C)[C@@H]2CC[C@@H](C)C[C@H]2OC(=O)[C@@]23CCCC(=O)[C@@H]2[C@@H]2CCC[C@@H]23)cc1. The Balaban J connectivity index is 1.40. The number of ketones is 1. The van der Waals surface area contributed by atoms with Crippen LogP contribution in [0.15, 0.2) is 24.3 Å². The molecule has 0 aliphatic heterocycles. The first-order valence-electron chi connectivity index (χ1n) is 13.2. The minimum atomic E-state index is -0.522. The molecule has 0 aromatic heterocycles. The third-order valence-corrected chi connectivity index (χ3v) is 10.0. The maximum Gasteiger partial charge on any atom is 0.313 e. The Bertz CT molecular complexity index is 903. The van der Waals surface area contributed by atoms with Crippen LogP contribution in [0.5, 0.6) is 5.75 Å². The Labute approximate surface area is 198 Å². The molecule has 4 nitrogen and oxygen atoms in total. The summed E-state index contributed by atoms with van der Waals surface area (Å²) in [5, 5.41) is 0. The van der Waals surface area contributed by atoms with E-state index >= 15 is 0 Å². The molecule has 4 aliphatic rings. The molecule has 0 bridgehead atoms. The molecule has 1 aromatic carbocycles. The van der Waals surface area contributed by atoms with E-state index in [-0.39, 0.29) is 29.3 Å². The van der Waals surface area contributed by atoms with Gasteiger partial charge in [0, 0.05) is 18.3 Å². The van der Waals surface area contributed by atoms with Crippen molar-refractivity contribution in [3.8, 4) is 5.75 Å². The number of fused-ring (bicyclic) bond motifs is 4. The number of ether oxygens (including phenoxy) is 2. The Morgan fingerprint density at radius 3 is 2.55 bits per heavy atom. The van der Waals surface area contributed by atoms with Gasteiger partial charge in [0.25, 0.3) is 0 Å². The lowest BCUT2D eigenvalue weighted by Crippen LogP contribution is -2.64. The molecule has 0 spiro atoms. The predicted octanol–water partition coefficient (Wildman–Crippen LogP) is 6.11. The van der Waals surface area contributed by atoms with Crippen molar-refractivity contribution in [1.82, 2.24) is 0 Å². The van der Waals surface area contributed by atoms with Gasteiger partial charge in [0.15, 0.2) is 0 Å². The fourth-order valence-electron chi connectivity index (χ4n) is 8.25. The van der Waals surface area contributed by atoms with E-state index in [0.29, 0.717) is 30.0 Å². The molecule has 4 heteroatoms. The molecule has 0 heterocycles. The van der Waals surface area contributed by atoms with E-state index in [0.717, 1.165) is 57.1 Å². The molecular weight excluding hydrogens is 412 g/mol. The summed E-state index contributed by atoms with van der Waals surface area (Å²) in [6, 6.07) is 8.35. The molecule has 4 aliphatic carbocycles. The van der Waals surface area contributed by atoms with Gasteiger partial charge in [-0.15, -0.1) is 0 Å². The second-order valence-corrected chi connectivity index (χ2v) is 12.0. The average molecular weight is 453 g/mol. The highest BCUT2D eigenvalue weighted by Gasteiger charge is 2.70. The summed E-state index contributed by atoms with van der Waals surface area (Å²) < 4.78 is 11.9. The number of hydrogen-bond donors (Lipinski definition) is 0. The van der Waals surface area contributed by atoms with Gasteiger partial charge in [-0.3, -0.25) is 9.59 Å². The number of Topliss-reactive ketones (excluding diaryl/α,β-unsaturated/α-hetero) is 1. The van der Waals surface area contributed by atoms with Crippen molar-refractivity contribution in [2.45, 2.75) is 90.1 Å². The Morgan fingerprint density at radius 2 is 1.82 bits per heavy atom. The molecule has 0 radical (unpaired) electrons. The van der Waals surface area contributed by atoms with E-state index in [4.69, 9.17) is 9.47 Å². The van der Waals surface area contributed by atoms with Crippen LogP contribution in [0.1, 0.15) is 84.1 Å². The summed E-state index contributed by atoms with van der Waals surface area (Å²) in [4.78, 5) is 26.8. The topological polar surface area (TPSA) is 52.6 Å². The maximum absolute atomic E-state index is 13.9. The molecule has 0 saturated heterocycles. The molecule has 0 amide bonds. The molecule has 4 fully saturated rings. The minimum Gasteiger partial charge on any atom is -0.497 e. The molecule has 180 valence electrons. The Hall–Kier alpha value is -1.84. The van der Waals surface area contributed by atoms with Crippen LogP contribution in [0.4, 0.5) is 0 Å². The smallest absolute Gasteiger partial charge is 0.313 e. The highest BCUT2D eigenvalue weighted by molar-refractivity contribution is 5.93. The summed E-state index contributed by atoms with van der Waals surface area (Å²) >= 11 is 0. The standard InChI is InChI=1S/C29H40O4/c1-18-10-15-23(28(2,3)19-11-13-20(32-4)14-12-19)25(17-18)33-27(31)29-16-6-9-24(30)26(29)21-7-5-8-22(21)29/h11-14,18,21-23,25-26H,5-10,15-17H2,1-4H3/t18-,21-,22+,23-,25-,26+,29-/m1/s1. The van der Waals surface area contributed by atoms with Gasteiger partial charge >= 0.3 is 5.97 Å². The fourth-order valence-corrected chi connectivity index (χ4v) is 8.25. The summed E-state index contributed by atoms with van der Waals surface area (Å²) in [6.45, 7) is 6.86. The lowest BCUT2D eigenvalue weighted by molar-refractivity contribution is -0.207. The van der Waals surface area contributed by atoms with Crippen molar-refractivity contribution in [2.75, 3.05) is 7.11 Å². The molecule has 1 aromatic rings. The van der Waals surface area contributed by atoms with Gasteiger partial charge in [0.05, 0.1) is 12.5 Å². The zero-order valence-electron chi connectivity index (χ0n) is 20.8. The van der Waals surface area contributed by atoms with E-state index in [2.05, 4.69) is 32.9 Å². The third kappa shape index (κ3) is 3.54. The summed E-state index contributed by atoms with van der Waals surface area (Å²) in [6.07, 6.45) is 8.74. The molecule has 0 unspecified atom stereocenters. The monoisotopic (exact) mass is 452 g/mol. The highest BCUT2D eigenvalue weighted by Crippen LogP contribution is 2.68. The normalized spacial score (nSPS) is 38.1. The van der Waals surface area contributed by atoms with Crippen molar-refractivity contribution in [3.63, 3.8) is 0 Å². The first kappa shape index (κ1) is 22.9. The molecular formula is C29H40O4. The number of esters is 1. The minimum absolute atomic E-state index is 0.0432. The largest absolute Gasteiger partial charge is 0.497 e. The van der Waals surface area contributed by atoms with Crippen LogP contribution in [-0.4, -0.2) is 25.0 Å². The van der Waals surface area contributed by atoms with Crippen LogP contribution in [0.2, 0.25) is 0 Å². The van der Waals surface area contributed by atoms with Crippen molar-refractivity contribution in [1.29, 1.82) is 0 Å². The lowest BCUT2D eigenvalue weighted by Gasteiger charge is -2.59. The zero-order valence-corrected chi connectivity index (χ0v) is 20.8. The van der Waals surface area contributed by atoms with E-state index in [9.17, 15) is 9.59 Å². The zero-order chi connectivity index (χ0) is 23.4.